The quantitative estimate of drug-likeness (QED) is 0.0881. The molecule has 69 heavy (non-hydrogen) atoms. The van der Waals surface area contributed by atoms with Gasteiger partial charge in [0.25, 0.3) is 0 Å². The highest BCUT2D eigenvalue weighted by molar-refractivity contribution is 5.89. The van der Waals surface area contributed by atoms with Crippen molar-refractivity contribution in [3.8, 4) is 34.5 Å². The predicted molar refractivity (Wildman–Crippen MR) is 275 cm³/mol. The van der Waals surface area contributed by atoms with Crippen molar-refractivity contribution in [2.75, 3.05) is 62.3 Å². The Balaban J connectivity index is 0.000000196. The Kier molecular flexibility index (Phi) is 21.6. The second-order valence-corrected chi connectivity index (χ2v) is 17.3. The number of likely N-dealkylation sites (tertiary alicyclic amines) is 1. The van der Waals surface area contributed by atoms with Crippen molar-refractivity contribution in [1.29, 1.82) is 0 Å². The van der Waals surface area contributed by atoms with E-state index in [0.29, 0.717) is 5.75 Å². The number of nitrogens with zero attached hydrogens (tertiary/aromatic N) is 1. The van der Waals surface area contributed by atoms with Crippen LogP contribution in [0, 0.1) is 0 Å². The maximum atomic E-state index is 12.1. The highest BCUT2D eigenvalue weighted by atomic mass is 16.5. The fourth-order valence-electron chi connectivity index (χ4n) is 8.67. The van der Waals surface area contributed by atoms with Crippen molar-refractivity contribution in [3.05, 3.63) is 123 Å². The Labute approximate surface area is 409 Å². The molecule has 2 amide bonds. The first-order valence-electron chi connectivity index (χ1n) is 24.2. The van der Waals surface area contributed by atoms with Crippen LogP contribution in [0.25, 0.3) is 18.2 Å². The molecule has 370 valence electrons. The predicted octanol–water partition coefficient (Wildman–Crippen LogP) is 11.0. The molecule has 12 nitrogen and oxygen atoms in total. The number of fused-ring (bicyclic) bond motifs is 3. The Morgan fingerprint density at radius 2 is 0.899 bits per heavy atom. The first-order valence-corrected chi connectivity index (χ1v) is 24.2. The van der Waals surface area contributed by atoms with E-state index in [2.05, 4.69) is 24.4 Å². The molecule has 1 fully saturated rings. The normalized spacial score (nSPS) is 14.7. The summed E-state index contributed by atoms with van der Waals surface area (Å²) in [5, 5.41) is 11.6. The second-order valence-electron chi connectivity index (χ2n) is 17.3. The Bertz CT molecular complexity index is 2420. The van der Waals surface area contributed by atoms with Crippen LogP contribution in [-0.2, 0) is 33.6 Å². The smallest absolute Gasteiger partial charge is 0.328 e. The summed E-state index contributed by atoms with van der Waals surface area (Å²) in [4.78, 5) is 36.5. The lowest BCUT2D eigenvalue weighted by atomic mass is 9.91. The Hall–Kier alpha value is -6.69. The molecule has 3 aromatic rings. The molecule has 0 bridgehead atoms. The maximum Gasteiger partial charge on any atom is 0.328 e. The van der Waals surface area contributed by atoms with Gasteiger partial charge in [-0.1, -0.05) is 75.5 Å². The molecule has 0 unspecified atom stereocenters. The summed E-state index contributed by atoms with van der Waals surface area (Å²) in [6.45, 7) is 4.76. The zero-order valence-electron chi connectivity index (χ0n) is 41.7. The topological polar surface area (TPSA) is 142 Å². The van der Waals surface area contributed by atoms with Crippen molar-refractivity contribution in [2.45, 2.75) is 96.8 Å². The SMILES string of the molecule is CCCCCCCCNC(=O)C=CC1=Cc2cc(OC)c(OC)cc2CC1.COc1cc2c(cc1OC)CCC(C=CC(=O)N1CCCC1)=C2.COc1cc2c(cc1OC)CCC(C=CC(=O)O)=C2. The fourth-order valence-corrected chi connectivity index (χ4v) is 8.67. The second kappa shape index (κ2) is 28.0. The molecular weight excluding hydrogens is 873 g/mol. The molecule has 1 aliphatic heterocycles. The largest absolute Gasteiger partial charge is 0.493 e. The summed E-state index contributed by atoms with van der Waals surface area (Å²) in [7, 11) is 9.81. The molecule has 1 heterocycles. The summed E-state index contributed by atoms with van der Waals surface area (Å²) >= 11 is 0. The molecule has 0 saturated carbocycles. The average Bonchev–Trinajstić information content (AvgIpc) is 3.93. The van der Waals surface area contributed by atoms with Crippen LogP contribution in [0.3, 0.4) is 0 Å². The van der Waals surface area contributed by atoms with Gasteiger partial charge >= 0.3 is 5.97 Å². The number of hydrogen-bond acceptors (Lipinski definition) is 9. The third-order valence-electron chi connectivity index (χ3n) is 12.6. The van der Waals surface area contributed by atoms with Gasteiger partial charge in [-0.2, -0.15) is 0 Å². The minimum Gasteiger partial charge on any atom is -0.493 e. The number of allylic oxidation sites excluding steroid dienone is 6. The van der Waals surface area contributed by atoms with Gasteiger partial charge in [0.15, 0.2) is 34.5 Å². The van der Waals surface area contributed by atoms with E-state index in [1.807, 2.05) is 59.5 Å². The maximum absolute atomic E-state index is 12.1. The van der Waals surface area contributed by atoms with Gasteiger partial charge in [-0.05, 0) is 144 Å². The van der Waals surface area contributed by atoms with E-state index in [1.165, 1.54) is 54.4 Å². The summed E-state index contributed by atoms with van der Waals surface area (Å²) < 4.78 is 32.0. The number of carbonyl (C=O) groups excluding carboxylic acids is 2. The van der Waals surface area contributed by atoms with Crippen LogP contribution in [0.2, 0.25) is 0 Å². The number of aryl methyl sites for hydroxylation is 3. The van der Waals surface area contributed by atoms with Crippen molar-refractivity contribution in [1.82, 2.24) is 10.2 Å². The molecule has 1 saturated heterocycles. The van der Waals surface area contributed by atoms with Gasteiger partial charge in [0.2, 0.25) is 11.8 Å². The number of carbonyl (C=O) groups is 3. The van der Waals surface area contributed by atoms with E-state index in [4.69, 9.17) is 33.5 Å². The van der Waals surface area contributed by atoms with Crippen molar-refractivity contribution in [2.24, 2.45) is 0 Å². The summed E-state index contributed by atoms with van der Waals surface area (Å²) in [6.07, 6.45) is 31.4. The van der Waals surface area contributed by atoms with Crippen molar-refractivity contribution >= 4 is 36.0 Å². The summed E-state index contributed by atoms with van der Waals surface area (Å²) in [6, 6.07) is 12.0. The number of benzene rings is 3. The first kappa shape index (κ1) is 53.3. The average molecular weight is 945 g/mol. The molecular formula is C57H72N2O10. The minimum atomic E-state index is -0.931. The van der Waals surface area contributed by atoms with Crippen LogP contribution >= 0.6 is 0 Å². The molecule has 2 N–H and O–H groups in total. The molecule has 7 rings (SSSR count). The number of nitrogens with one attached hydrogen (secondary N) is 1. The lowest BCUT2D eigenvalue weighted by Gasteiger charge is -2.18. The van der Waals surface area contributed by atoms with E-state index < -0.39 is 5.97 Å². The molecule has 3 aliphatic carbocycles. The molecule has 3 aromatic carbocycles. The number of aliphatic carboxylic acids is 1. The molecule has 4 aliphatic rings. The number of methoxy groups -OCH3 is 6. The Morgan fingerprint density at radius 1 is 0.522 bits per heavy atom. The van der Waals surface area contributed by atoms with Crippen LogP contribution in [-0.4, -0.2) is 90.1 Å². The Morgan fingerprint density at radius 3 is 1.30 bits per heavy atom. The van der Waals surface area contributed by atoms with Crippen LogP contribution in [0.15, 0.2) is 89.6 Å². The van der Waals surface area contributed by atoms with Gasteiger partial charge < -0.3 is 43.7 Å². The van der Waals surface area contributed by atoms with Gasteiger partial charge in [-0.25, -0.2) is 4.79 Å². The number of carboxylic acids is 1. The van der Waals surface area contributed by atoms with Crippen LogP contribution < -0.4 is 33.7 Å². The van der Waals surface area contributed by atoms with Gasteiger partial charge in [-0.15, -0.1) is 0 Å². The first-order chi connectivity index (χ1) is 33.5. The number of carboxylic acid groups (broad SMARTS) is 1. The monoisotopic (exact) mass is 945 g/mol. The standard InChI is InChI=1S/C23H33NO3.C19H23NO3.C15H16O4/c1-4-5-6-7-8-9-14-24-23(25)13-11-18-10-12-19-16-21(26-2)22(27-3)17-20(19)15-18;1-22-17-12-15-7-5-14(11-16(15)13-18(17)23-2)6-8-19(21)20-9-3-4-10-20;1-18-13-8-11-5-3-10(4-6-15(16)17)7-12(11)9-14(13)19-2/h11,13,15-17H,4-10,12,14H2,1-3H3,(H,24,25);6,8,11-13H,3-5,7,9-10H2,1-2H3;4,6-9H,3,5H2,1-2H3,(H,16,17). The van der Waals surface area contributed by atoms with E-state index >= 15 is 0 Å². The number of hydrogen-bond donors (Lipinski definition) is 2. The molecule has 0 radical (unpaired) electrons. The van der Waals surface area contributed by atoms with Crippen molar-refractivity contribution < 1.29 is 47.9 Å². The van der Waals surface area contributed by atoms with Crippen LogP contribution in [0.5, 0.6) is 34.5 Å². The van der Waals surface area contributed by atoms with Crippen LogP contribution in [0.4, 0.5) is 0 Å². The zero-order chi connectivity index (χ0) is 49.5. The van der Waals surface area contributed by atoms with Gasteiger partial charge in [0, 0.05) is 37.9 Å². The van der Waals surface area contributed by atoms with Gasteiger partial charge in [0.05, 0.1) is 42.7 Å². The molecule has 0 aromatic heterocycles. The fraction of sp³-hybridized carbons (Fsp3) is 0.421. The zero-order valence-corrected chi connectivity index (χ0v) is 41.7. The third-order valence-corrected chi connectivity index (χ3v) is 12.6. The van der Waals surface area contributed by atoms with E-state index in [9.17, 15) is 14.4 Å². The highest BCUT2D eigenvalue weighted by Crippen LogP contribution is 2.38. The highest BCUT2D eigenvalue weighted by Gasteiger charge is 2.19. The number of rotatable bonds is 19. The minimum absolute atomic E-state index is 0.0115. The summed E-state index contributed by atoms with van der Waals surface area (Å²) in [5.41, 5.74) is 10.3. The lowest BCUT2D eigenvalue weighted by Crippen LogP contribution is -2.25. The summed E-state index contributed by atoms with van der Waals surface area (Å²) in [5.74, 6) is 3.58. The number of amides is 2. The molecule has 0 atom stereocenters. The lowest BCUT2D eigenvalue weighted by molar-refractivity contribution is -0.131. The van der Waals surface area contributed by atoms with E-state index in [0.717, 1.165) is 140 Å². The van der Waals surface area contributed by atoms with Crippen molar-refractivity contribution in [3.63, 3.8) is 0 Å². The van der Waals surface area contributed by atoms with E-state index in [1.54, 1.807) is 60.9 Å². The molecule has 0 spiro atoms. The van der Waals surface area contributed by atoms with Crippen LogP contribution in [0.1, 0.15) is 111 Å². The van der Waals surface area contributed by atoms with Gasteiger partial charge in [0.1, 0.15) is 0 Å². The van der Waals surface area contributed by atoms with E-state index in [-0.39, 0.29) is 11.8 Å². The number of ether oxygens (including phenoxy) is 6. The van der Waals surface area contributed by atoms with Gasteiger partial charge in [-0.3, -0.25) is 9.59 Å². The third kappa shape index (κ3) is 16.2. The molecule has 12 heteroatoms. The number of unbranched alkanes of at least 4 members (excludes halogenated alkanes) is 5.